The van der Waals surface area contributed by atoms with Crippen molar-refractivity contribution in [3.05, 3.63) is 50.7 Å². The lowest BCUT2D eigenvalue weighted by molar-refractivity contribution is 0.450. The van der Waals surface area contributed by atoms with Gasteiger partial charge in [0.2, 0.25) is 11.6 Å². The van der Waals surface area contributed by atoms with Crippen molar-refractivity contribution in [1.29, 1.82) is 0 Å². The summed E-state index contributed by atoms with van der Waals surface area (Å²) in [5.74, 6) is -2.82. The monoisotopic (exact) mass is 268 g/mol. The summed E-state index contributed by atoms with van der Waals surface area (Å²) in [4.78, 5) is 25.7. The lowest BCUT2D eigenvalue weighted by Crippen LogP contribution is -2.20. The average molecular weight is 268 g/mol. The van der Waals surface area contributed by atoms with Crippen LogP contribution in [-0.4, -0.2) is 15.1 Å². The molecule has 1 aromatic heterocycles. The first kappa shape index (κ1) is 12.6. The van der Waals surface area contributed by atoms with E-state index in [9.17, 15) is 23.5 Å². The largest absolute Gasteiger partial charge is 0.493 e. The van der Waals surface area contributed by atoms with E-state index in [1.165, 1.54) is 0 Å². The lowest BCUT2D eigenvalue weighted by Gasteiger charge is -1.97. The predicted octanol–water partition coefficient (Wildman–Crippen LogP) is 1.46. The van der Waals surface area contributed by atoms with Crippen LogP contribution in [-0.2, 0) is 0 Å². The maximum Gasteiger partial charge on any atom is 0.328 e. The van der Waals surface area contributed by atoms with Gasteiger partial charge in [0.25, 0.3) is 5.56 Å². The van der Waals surface area contributed by atoms with Crippen molar-refractivity contribution >= 4 is 11.4 Å². The van der Waals surface area contributed by atoms with E-state index in [-0.39, 0.29) is 0 Å². The van der Waals surface area contributed by atoms with E-state index in [2.05, 4.69) is 10.2 Å². The van der Waals surface area contributed by atoms with Crippen LogP contribution < -0.4 is 11.2 Å². The minimum atomic E-state index is -1.04. The molecule has 0 saturated heterocycles. The van der Waals surface area contributed by atoms with Crippen LogP contribution in [0.15, 0.2) is 38.0 Å². The Balaban J connectivity index is 2.50. The van der Waals surface area contributed by atoms with E-state index < -0.39 is 40.1 Å². The Bertz CT molecular complexity index is 746. The Hall–Kier alpha value is -2.84. The molecule has 0 aliphatic rings. The molecule has 2 aromatic rings. The van der Waals surface area contributed by atoms with Crippen molar-refractivity contribution in [3.63, 3.8) is 0 Å². The summed E-state index contributed by atoms with van der Waals surface area (Å²) in [6, 6.07) is 3.04. The van der Waals surface area contributed by atoms with E-state index in [4.69, 9.17) is 0 Å². The predicted molar refractivity (Wildman–Crippen MR) is 59.9 cm³/mol. The van der Waals surface area contributed by atoms with Crippen LogP contribution in [0.1, 0.15) is 0 Å². The topological polar surface area (TPSA) is 111 Å². The van der Waals surface area contributed by atoms with Gasteiger partial charge in [-0.05, 0) is 12.1 Å². The molecule has 0 amide bonds. The molecule has 9 heteroatoms. The second-order valence-corrected chi connectivity index (χ2v) is 3.38. The summed E-state index contributed by atoms with van der Waals surface area (Å²) < 4.78 is 26.4. The van der Waals surface area contributed by atoms with Gasteiger partial charge < -0.3 is 5.11 Å². The first-order valence-electron chi connectivity index (χ1n) is 4.90. The third-order valence-corrected chi connectivity index (χ3v) is 2.09. The molecular weight excluding hydrogens is 262 g/mol. The number of aromatic amines is 2. The quantitative estimate of drug-likeness (QED) is 0.717. The number of nitrogens with one attached hydrogen (secondary N) is 2. The van der Waals surface area contributed by atoms with Crippen LogP contribution in [0.4, 0.5) is 20.2 Å². The average Bonchev–Trinajstić information content (AvgIpc) is 2.31. The fourth-order valence-corrected chi connectivity index (χ4v) is 1.25. The molecule has 0 atom stereocenters. The molecule has 1 aromatic carbocycles. The van der Waals surface area contributed by atoms with Gasteiger partial charge in [-0.2, -0.15) is 0 Å². The summed E-state index contributed by atoms with van der Waals surface area (Å²) >= 11 is 0. The van der Waals surface area contributed by atoms with Crippen LogP contribution in [0.5, 0.6) is 5.88 Å². The van der Waals surface area contributed by atoms with Crippen LogP contribution in [0.2, 0.25) is 0 Å². The third kappa shape index (κ3) is 2.54. The van der Waals surface area contributed by atoms with Crippen molar-refractivity contribution in [2.75, 3.05) is 0 Å². The number of rotatable bonds is 2. The molecule has 19 heavy (non-hydrogen) atoms. The van der Waals surface area contributed by atoms with Crippen molar-refractivity contribution in [1.82, 2.24) is 9.97 Å². The van der Waals surface area contributed by atoms with Gasteiger partial charge in [0.1, 0.15) is 0 Å². The molecule has 3 N–H and O–H groups in total. The van der Waals surface area contributed by atoms with Crippen LogP contribution in [0.3, 0.4) is 0 Å². The molecule has 0 spiro atoms. The fourth-order valence-electron chi connectivity index (χ4n) is 1.25. The highest BCUT2D eigenvalue weighted by molar-refractivity contribution is 5.45. The molecule has 0 fully saturated rings. The first-order chi connectivity index (χ1) is 8.99. The third-order valence-electron chi connectivity index (χ3n) is 2.09. The number of aromatic nitrogens is 2. The smallest absolute Gasteiger partial charge is 0.328 e. The maximum atomic E-state index is 13.2. The van der Waals surface area contributed by atoms with E-state index >= 15 is 0 Å². The molecule has 0 aliphatic heterocycles. The zero-order valence-corrected chi connectivity index (χ0v) is 9.15. The minimum Gasteiger partial charge on any atom is -0.493 e. The van der Waals surface area contributed by atoms with Crippen LogP contribution in [0, 0.1) is 11.6 Å². The molecule has 0 radical (unpaired) electrons. The highest BCUT2D eigenvalue weighted by atomic mass is 19.1. The van der Waals surface area contributed by atoms with E-state index in [1.54, 1.807) is 4.98 Å². The number of aromatic hydroxyl groups is 1. The van der Waals surface area contributed by atoms with Crippen molar-refractivity contribution in [2.24, 2.45) is 10.2 Å². The van der Waals surface area contributed by atoms with Gasteiger partial charge in [0, 0.05) is 0 Å². The van der Waals surface area contributed by atoms with Gasteiger partial charge in [-0.25, -0.2) is 13.6 Å². The molecule has 0 unspecified atom stereocenters. The number of H-pyrrole nitrogens is 2. The van der Waals surface area contributed by atoms with Crippen molar-refractivity contribution in [2.45, 2.75) is 0 Å². The molecule has 2 rings (SSSR count). The van der Waals surface area contributed by atoms with E-state index in [0.29, 0.717) is 0 Å². The Labute approximate surface area is 103 Å². The number of halogens is 2. The molecule has 98 valence electrons. The summed E-state index contributed by atoms with van der Waals surface area (Å²) in [7, 11) is 0. The zero-order chi connectivity index (χ0) is 14.0. The van der Waals surface area contributed by atoms with Gasteiger partial charge >= 0.3 is 5.69 Å². The molecule has 0 bridgehead atoms. The number of nitrogens with zero attached hydrogens (tertiary/aromatic N) is 2. The summed E-state index contributed by atoms with van der Waals surface area (Å²) in [5.41, 5.74) is -3.37. The number of benzene rings is 1. The highest BCUT2D eigenvalue weighted by Gasteiger charge is 2.10. The SMILES string of the molecule is O=c1[nH]c(O)c(N=Nc2c(F)cccc2F)c(=O)[nH]1. The molecule has 1 heterocycles. The molecule has 0 aliphatic carbocycles. The number of hydrogen-bond acceptors (Lipinski definition) is 5. The van der Waals surface area contributed by atoms with Gasteiger partial charge in [-0.1, -0.05) is 6.07 Å². The zero-order valence-electron chi connectivity index (χ0n) is 9.15. The normalized spacial score (nSPS) is 11.1. The Morgan fingerprint density at radius 1 is 1.00 bits per heavy atom. The molecule has 0 saturated carbocycles. The second kappa shape index (κ2) is 4.80. The Morgan fingerprint density at radius 3 is 2.16 bits per heavy atom. The van der Waals surface area contributed by atoms with Gasteiger partial charge in [-0.15, -0.1) is 10.2 Å². The van der Waals surface area contributed by atoms with Gasteiger partial charge in [0.15, 0.2) is 17.3 Å². The highest BCUT2D eigenvalue weighted by Crippen LogP contribution is 2.25. The summed E-state index contributed by atoms with van der Waals surface area (Å²) in [5, 5.41) is 15.7. The van der Waals surface area contributed by atoms with E-state index in [1.807, 2.05) is 4.98 Å². The minimum absolute atomic E-state index is 0.665. The maximum absolute atomic E-state index is 13.2. The van der Waals surface area contributed by atoms with Crippen LogP contribution in [0.25, 0.3) is 0 Å². The standard InChI is InChI=1S/C10H6F2N4O3/c11-4-2-1-3-5(12)6(4)15-16-7-8(17)13-10(19)14-9(7)18/h1-3H,(H3,13,14,17,18,19). The fraction of sp³-hybridized carbons (Fsp3) is 0. The van der Waals surface area contributed by atoms with Crippen LogP contribution >= 0.6 is 0 Å². The second-order valence-electron chi connectivity index (χ2n) is 3.38. The number of hydrogen-bond donors (Lipinski definition) is 3. The molecular formula is C10H6F2N4O3. The Kier molecular flexibility index (Phi) is 3.19. The van der Waals surface area contributed by atoms with E-state index in [0.717, 1.165) is 18.2 Å². The lowest BCUT2D eigenvalue weighted by atomic mass is 10.3. The van der Waals surface area contributed by atoms with Gasteiger partial charge in [-0.3, -0.25) is 14.8 Å². The summed E-state index contributed by atoms with van der Waals surface area (Å²) in [6.07, 6.45) is 0. The Morgan fingerprint density at radius 2 is 1.58 bits per heavy atom. The first-order valence-corrected chi connectivity index (χ1v) is 4.90. The van der Waals surface area contributed by atoms with Crippen molar-refractivity contribution in [3.8, 4) is 5.88 Å². The van der Waals surface area contributed by atoms with Gasteiger partial charge in [0.05, 0.1) is 0 Å². The number of azo groups is 1. The molecule has 7 nitrogen and oxygen atoms in total. The van der Waals surface area contributed by atoms with Crippen molar-refractivity contribution < 1.29 is 13.9 Å². The summed E-state index contributed by atoms with van der Waals surface area (Å²) in [6.45, 7) is 0.